The minimum absolute atomic E-state index is 0.0100. The van der Waals surface area contributed by atoms with Crippen molar-refractivity contribution >= 4 is 35.0 Å². The fourth-order valence-corrected chi connectivity index (χ4v) is 5.46. The number of benzene rings is 2. The summed E-state index contributed by atoms with van der Waals surface area (Å²) >= 11 is 1.04. The van der Waals surface area contributed by atoms with Crippen molar-refractivity contribution in [3.05, 3.63) is 85.6 Å². The summed E-state index contributed by atoms with van der Waals surface area (Å²) < 4.78 is 77.4. The van der Waals surface area contributed by atoms with Gasteiger partial charge < -0.3 is 0 Å². The maximum Gasteiger partial charge on any atom is 0.384 e. The predicted octanol–water partition coefficient (Wildman–Crippen LogP) is 7.39. The second-order valence-electron chi connectivity index (χ2n) is 9.41. The molecule has 1 aliphatic rings. The molecule has 0 fully saturated rings. The van der Waals surface area contributed by atoms with E-state index < -0.39 is 17.6 Å². The predicted molar refractivity (Wildman–Crippen MR) is 155 cm³/mol. The lowest BCUT2D eigenvalue weighted by Crippen LogP contribution is -2.69. The van der Waals surface area contributed by atoms with Gasteiger partial charge in [0.2, 0.25) is 0 Å². The van der Waals surface area contributed by atoms with E-state index in [0.717, 1.165) is 17.3 Å². The number of hydrogen-bond donors (Lipinski definition) is 1. The molecule has 0 saturated carbocycles. The Balaban J connectivity index is 1.96. The largest absolute Gasteiger partial charge is 0.384 e. The summed E-state index contributed by atoms with van der Waals surface area (Å²) in [5.74, 6) is -0.448. The van der Waals surface area contributed by atoms with Crippen molar-refractivity contribution < 1.29 is 22.6 Å². The first-order chi connectivity index (χ1) is 21.0. The molecule has 2 aromatic carbocycles. The van der Waals surface area contributed by atoms with Crippen LogP contribution in [0.1, 0.15) is 96.9 Å². The van der Waals surface area contributed by atoms with Gasteiger partial charge >= 0.3 is 2.82 Å². The summed E-state index contributed by atoms with van der Waals surface area (Å²) in [6.45, 7) is 15.2. The first-order valence-electron chi connectivity index (χ1n) is 16.6. The molecule has 2 heterocycles. The summed E-state index contributed by atoms with van der Waals surface area (Å²) in [5, 5.41) is 4.29. The highest BCUT2D eigenvalue weighted by Gasteiger charge is 2.28. The lowest BCUT2D eigenvalue weighted by atomic mass is 9.94. The number of nitrogens with zero attached hydrogens (tertiary/aromatic N) is 2. The van der Waals surface area contributed by atoms with E-state index in [-0.39, 0.29) is 69.8 Å². The second kappa shape index (κ2) is 10.8. The Bertz CT molecular complexity index is 1910. The molecule has 1 aliphatic heterocycles. The Kier molecular flexibility index (Phi) is 5.09. The van der Waals surface area contributed by atoms with E-state index in [4.69, 9.17) is 11.0 Å². The molecule has 0 amide bonds. The van der Waals surface area contributed by atoms with E-state index in [2.05, 4.69) is 10.1 Å². The van der Waals surface area contributed by atoms with Crippen LogP contribution in [0.25, 0.3) is 6.05 Å². The van der Waals surface area contributed by atoms with Crippen molar-refractivity contribution in [2.24, 2.45) is 5.10 Å². The standard InChI is InChI=1S/C32H37N3OS/c1-10-11-27(36)31-22(7)20(5)18(3)15-29(31)37-28-16-26-30(23(8)21(28)6)32(35-34-26)19(4)14-25-13-12-17(2)24(9)33-25/h12-16H,10-11H2,1-9H3,(H,34,35)/p+1/b19-14+/i10D2,12D,13D,14D,15D,16D/hD2. The van der Waals surface area contributed by atoms with Crippen molar-refractivity contribution in [3.63, 3.8) is 0 Å². The highest BCUT2D eigenvalue weighted by Crippen LogP contribution is 2.40. The summed E-state index contributed by atoms with van der Waals surface area (Å²) in [4.78, 5) is 18.5. The smallest absolute Gasteiger partial charge is 0.294 e. The van der Waals surface area contributed by atoms with Gasteiger partial charge in [-0.15, -0.1) is 0 Å². The van der Waals surface area contributed by atoms with Gasteiger partial charge in [0, 0.05) is 36.3 Å². The molecular weight excluding hydrogens is 474 g/mol. The molecule has 5 heteroatoms. The number of allylic oxidation sites excluding steroid dienone is 1. The van der Waals surface area contributed by atoms with E-state index in [1.165, 1.54) is 6.92 Å². The van der Waals surface area contributed by atoms with Gasteiger partial charge in [-0.1, -0.05) is 29.8 Å². The Labute approximate surface area is 238 Å². The van der Waals surface area contributed by atoms with Gasteiger partial charge in [-0.05, 0) is 119 Å². The third kappa shape index (κ3) is 5.21. The van der Waals surface area contributed by atoms with Crippen molar-refractivity contribution in [2.75, 3.05) is 0 Å². The number of Topliss-reactive ketones (excluding diaryl/α,β-unsaturated/α-hetero) is 1. The molecule has 0 aliphatic carbocycles. The molecule has 4 nitrogen and oxygen atoms in total. The zero-order valence-electron chi connectivity index (χ0n) is 31.9. The lowest BCUT2D eigenvalue weighted by molar-refractivity contribution is -0.573. The molecule has 0 bridgehead atoms. The molecule has 3 aromatic rings. The van der Waals surface area contributed by atoms with Gasteiger partial charge in [0.1, 0.15) is 5.71 Å². The van der Waals surface area contributed by atoms with Crippen molar-refractivity contribution in [1.82, 2.24) is 4.98 Å². The van der Waals surface area contributed by atoms with E-state index in [0.29, 0.717) is 44.0 Å². The third-order valence-electron chi connectivity index (χ3n) is 6.93. The summed E-state index contributed by atoms with van der Waals surface area (Å²) in [7, 11) is 0. The maximum atomic E-state index is 13.5. The Morgan fingerprint density at radius 1 is 1.05 bits per heavy atom. The van der Waals surface area contributed by atoms with Gasteiger partial charge in [-0.3, -0.25) is 9.78 Å². The molecule has 0 atom stereocenters. The first kappa shape index (κ1) is 17.5. The fraction of sp³-hybridized carbons (Fsp3) is 0.344. The van der Waals surface area contributed by atoms with E-state index in [9.17, 15) is 6.17 Å². The van der Waals surface area contributed by atoms with Crippen LogP contribution < -0.4 is 5.41 Å². The van der Waals surface area contributed by atoms with Crippen LogP contribution in [0.5, 0.6) is 0 Å². The zero-order chi connectivity index (χ0) is 35.0. The summed E-state index contributed by atoms with van der Waals surface area (Å²) in [6, 6.07) is -0.493. The van der Waals surface area contributed by atoms with E-state index in [1.807, 2.05) is 6.92 Å². The molecule has 0 spiro atoms. The summed E-state index contributed by atoms with van der Waals surface area (Å²) in [5.41, 5.74) is 3.69. The van der Waals surface area contributed by atoms with E-state index >= 15 is 0 Å². The lowest BCUT2D eigenvalue weighted by Gasteiger charge is -2.18. The average Bonchev–Trinajstić information content (AvgIpc) is 3.25. The second-order valence-corrected chi connectivity index (χ2v) is 10.4. The summed E-state index contributed by atoms with van der Waals surface area (Å²) in [6.07, 6.45) is -2.15. The molecule has 1 aromatic heterocycles. The Morgan fingerprint density at radius 3 is 2.49 bits per heavy atom. The van der Waals surface area contributed by atoms with Gasteiger partial charge in [0.05, 0.1) is 18.1 Å². The van der Waals surface area contributed by atoms with Crippen LogP contribution in [0.2, 0.25) is 2.82 Å². The number of carbonyl (C=O) groups excluding carboxylic acids is 1. The van der Waals surface area contributed by atoms with Crippen LogP contribution in [0.4, 0.5) is 5.69 Å². The number of aryl methyl sites for hydroxylation is 1. The van der Waals surface area contributed by atoms with Crippen molar-refractivity contribution in [2.45, 2.75) is 84.9 Å². The average molecular weight is 522 g/mol. The highest BCUT2D eigenvalue weighted by molar-refractivity contribution is 7.99. The Hall–Kier alpha value is -3.02. The first-order valence-corrected chi connectivity index (χ1v) is 13.0. The molecule has 0 saturated heterocycles. The van der Waals surface area contributed by atoms with Crippen LogP contribution in [0.3, 0.4) is 0 Å². The van der Waals surface area contributed by atoms with Gasteiger partial charge in [-0.2, -0.15) is 5.41 Å². The monoisotopic (exact) mass is 521 g/mol. The van der Waals surface area contributed by atoms with Crippen molar-refractivity contribution in [3.8, 4) is 0 Å². The molecule has 0 radical (unpaired) electrons. The van der Waals surface area contributed by atoms with E-state index in [1.54, 1.807) is 48.5 Å². The minimum atomic E-state index is -1.77. The molecule has 0 unspecified atom stereocenters. The molecule has 37 heavy (non-hydrogen) atoms. The number of pyridine rings is 1. The molecular formula is C32H38N3OS+. The quantitative estimate of drug-likeness (QED) is 0.200. The maximum absolute atomic E-state index is 13.5. The van der Waals surface area contributed by atoms with Gasteiger partial charge in [0.15, 0.2) is 11.5 Å². The number of carbonyl (C=O) groups is 1. The fourth-order valence-electron chi connectivity index (χ4n) is 4.23. The number of quaternary nitrogens is 1. The third-order valence-corrected chi connectivity index (χ3v) is 8.06. The Morgan fingerprint density at radius 2 is 1.78 bits per heavy atom. The number of nitrogens with two attached hydrogens (primary N) is 1. The highest BCUT2D eigenvalue weighted by atomic mass is 32.2. The number of ketones is 1. The van der Waals surface area contributed by atoms with Crippen LogP contribution >= 0.6 is 11.8 Å². The number of fused-ring (bicyclic) bond motifs is 1. The minimum Gasteiger partial charge on any atom is -0.294 e. The SMILES string of the molecule is [2H]/C(=C(/C)C1=N[N+]([2H])([2H])c2c([2H])c(Sc3c([2H])c(C)c(C)c(C)c3C(=O)CC([2H])([2H])C)c(C)c(C)c21)c1nc(C)c(C)c([2H])c1[2H]. The molecule has 192 valence electrons. The van der Waals surface area contributed by atoms with Crippen LogP contribution in [-0.4, -0.2) is 16.5 Å². The molecule has 2 N–H and O–H groups in total. The number of hydrogen-bond acceptors (Lipinski definition) is 4. The topological polar surface area (TPSA) is 58.9 Å². The van der Waals surface area contributed by atoms with Crippen LogP contribution in [0, 0.1) is 48.5 Å². The number of aromatic nitrogens is 1. The zero-order valence-corrected chi connectivity index (χ0v) is 23.7. The van der Waals surface area contributed by atoms with Crippen LogP contribution in [0.15, 0.2) is 44.6 Å². The van der Waals surface area contributed by atoms with Gasteiger partial charge in [0.25, 0.3) is 0 Å². The van der Waals surface area contributed by atoms with Crippen molar-refractivity contribution in [1.29, 1.82) is 0 Å². The normalized spacial score (nSPS) is 18.6. The molecule has 4 rings (SSSR count). The van der Waals surface area contributed by atoms with Crippen LogP contribution in [-0.2, 0) is 0 Å². The van der Waals surface area contributed by atoms with Gasteiger partial charge in [-0.25, -0.2) is 0 Å². The number of rotatable bonds is 7.